The van der Waals surface area contributed by atoms with Crippen LogP contribution in [0.15, 0.2) is 53.0 Å². The number of carbonyl (C=O) groups is 1. The van der Waals surface area contributed by atoms with E-state index in [4.69, 9.17) is 0 Å². The van der Waals surface area contributed by atoms with Crippen LogP contribution in [0.1, 0.15) is 21.5 Å². The molecule has 1 atom stereocenters. The van der Waals surface area contributed by atoms with Gasteiger partial charge < -0.3 is 5.32 Å². The van der Waals surface area contributed by atoms with Crippen LogP contribution in [0.5, 0.6) is 0 Å². The summed E-state index contributed by atoms with van der Waals surface area (Å²) in [6.45, 7) is 1.95. The number of hydrogen-bond acceptors (Lipinski definition) is 1. The molecule has 0 heterocycles. The molecule has 2 aromatic carbocycles. The number of nitrogens with one attached hydrogen (secondary N) is 1. The first kappa shape index (κ1) is 16.2. The summed E-state index contributed by atoms with van der Waals surface area (Å²) in [5, 5.41) is 3.82. The predicted molar refractivity (Wildman–Crippen MR) is 94.1 cm³/mol. The maximum Gasteiger partial charge on any atom is 0.251 e. The molecule has 0 fully saturated rings. The summed E-state index contributed by atoms with van der Waals surface area (Å²) in [4.78, 5) is 12.4. The standard InChI is InChI=1S/C17H17Br2NO/c1-12-7-8-14(19)10-16(12)17(21)20-15(11-18)9-13-5-3-2-4-6-13/h2-8,10,15H,9,11H2,1H3,(H,20,21). The largest absolute Gasteiger partial charge is 0.348 e. The number of halogens is 2. The lowest BCUT2D eigenvalue weighted by Crippen LogP contribution is -2.38. The minimum Gasteiger partial charge on any atom is -0.348 e. The number of benzene rings is 2. The van der Waals surface area contributed by atoms with Gasteiger partial charge in [0.05, 0.1) is 0 Å². The molecule has 2 rings (SSSR count). The van der Waals surface area contributed by atoms with Crippen LogP contribution in [0.3, 0.4) is 0 Å². The van der Waals surface area contributed by atoms with Gasteiger partial charge in [0, 0.05) is 21.4 Å². The molecule has 0 aromatic heterocycles. The van der Waals surface area contributed by atoms with E-state index in [9.17, 15) is 4.79 Å². The van der Waals surface area contributed by atoms with Crippen molar-refractivity contribution in [2.45, 2.75) is 19.4 Å². The van der Waals surface area contributed by atoms with Gasteiger partial charge in [-0.25, -0.2) is 0 Å². The Morgan fingerprint density at radius 3 is 2.57 bits per heavy atom. The number of rotatable bonds is 5. The van der Waals surface area contributed by atoms with Crippen molar-refractivity contribution < 1.29 is 4.79 Å². The van der Waals surface area contributed by atoms with Crippen LogP contribution < -0.4 is 5.32 Å². The molecule has 21 heavy (non-hydrogen) atoms. The van der Waals surface area contributed by atoms with E-state index in [0.717, 1.165) is 21.8 Å². The summed E-state index contributed by atoms with van der Waals surface area (Å²) in [6.07, 6.45) is 0.810. The van der Waals surface area contributed by atoms with Gasteiger partial charge in [0.2, 0.25) is 0 Å². The Morgan fingerprint density at radius 1 is 1.19 bits per heavy atom. The van der Waals surface area contributed by atoms with Crippen molar-refractivity contribution in [3.8, 4) is 0 Å². The van der Waals surface area contributed by atoms with E-state index in [-0.39, 0.29) is 11.9 Å². The summed E-state index contributed by atoms with van der Waals surface area (Å²) < 4.78 is 0.914. The van der Waals surface area contributed by atoms with E-state index >= 15 is 0 Å². The summed E-state index contributed by atoms with van der Waals surface area (Å²) in [7, 11) is 0. The van der Waals surface area contributed by atoms with Crippen molar-refractivity contribution in [2.24, 2.45) is 0 Å². The molecular weight excluding hydrogens is 394 g/mol. The Bertz CT molecular complexity index is 613. The molecule has 0 bridgehead atoms. The van der Waals surface area contributed by atoms with Gasteiger partial charge in [-0.1, -0.05) is 68.3 Å². The van der Waals surface area contributed by atoms with Gasteiger partial charge in [-0.2, -0.15) is 0 Å². The first-order chi connectivity index (χ1) is 10.1. The first-order valence-corrected chi connectivity index (χ1v) is 8.68. The second kappa shape index (κ2) is 7.76. The highest BCUT2D eigenvalue weighted by Gasteiger charge is 2.15. The summed E-state index contributed by atoms with van der Waals surface area (Å²) in [6, 6.07) is 16.0. The highest BCUT2D eigenvalue weighted by Crippen LogP contribution is 2.16. The Labute approximate surface area is 142 Å². The molecule has 0 spiro atoms. The summed E-state index contributed by atoms with van der Waals surface area (Å²) >= 11 is 6.90. The van der Waals surface area contributed by atoms with Gasteiger partial charge in [0.1, 0.15) is 0 Å². The lowest BCUT2D eigenvalue weighted by Gasteiger charge is -2.17. The number of carbonyl (C=O) groups excluding carboxylic acids is 1. The Kier molecular flexibility index (Phi) is 6.00. The van der Waals surface area contributed by atoms with Gasteiger partial charge in [0.15, 0.2) is 0 Å². The average molecular weight is 411 g/mol. The van der Waals surface area contributed by atoms with E-state index in [2.05, 4.69) is 49.3 Å². The third-order valence-corrected chi connectivity index (χ3v) is 4.57. The minimum absolute atomic E-state index is 0.0332. The van der Waals surface area contributed by atoms with E-state index in [1.807, 2.05) is 43.3 Å². The highest BCUT2D eigenvalue weighted by atomic mass is 79.9. The molecule has 2 aromatic rings. The number of amides is 1. The van der Waals surface area contributed by atoms with Gasteiger partial charge in [-0.05, 0) is 36.6 Å². The van der Waals surface area contributed by atoms with Crippen molar-refractivity contribution in [1.82, 2.24) is 5.32 Å². The van der Waals surface area contributed by atoms with Crippen LogP contribution in [-0.4, -0.2) is 17.3 Å². The maximum atomic E-state index is 12.4. The normalized spacial score (nSPS) is 12.0. The third-order valence-electron chi connectivity index (χ3n) is 3.29. The van der Waals surface area contributed by atoms with Crippen LogP contribution in [0, 0.1) is 6.92 Å². The first-order valence-electron chi connectivity index (χ1n) is 6.77. The Hall–Kier alpha value is -1.13. The molecule has 2 nitrogen and oxygen atoms in total. The fraction of sp³-hybridized carbons (Fsp3) is 0.235. The lowest BCUT2D eigenvalue weighted by atomic mass is 10.1. The molecule has 1 amide bonds. The number of alkyl halides is 1. The van der Waals surface area contributed by atoms with Gasteiger partial charge in [-0.3, -0.25) is 4.79 Å². The van der Waals surface area contributed by atoms with Gasteiger partial charge >= 0.3 is 0 Å². The van der Waals surface area contributed by atoms with Gasteiger partial charge in [-0.15, -0.1) is 0 Å². The molecule has 0 aliphatic carbocycles. The van der Waals surface area contributed by atoms with Crippen molar-refractivity contribution >= 4 is 37.8 Å². The topological polar surface area (TPSA) is 29.1 Å². The molecule has 0 aliphatic rings. The van der Waals surface area contributed by atoms with Gasteiger partial charge in [0.25, 0.3) is 5.91 Å². The molecule has 4 heteroatoms. The van der Waals surface area contributed by atoms with Crippen molar-refractivity contribution in [1.29, 1.82) is 0 Å². The predicted octanol–water partition coefficient (Wildman–Crippen LogP) is 4.49. The van der Waals surface area contributed by atoms with E-state index < -0.39 is 0 Å². The number of hydrogen-bond donors (Lipinski definition) is 1. The highest BCUT2D eigenvalue weighted by molar-refractivity contribution is 9.10. The molecule has 0 saturated heterocycles. The maximum absolute atomic E-state index is 12.4. The van der Waals surface area contributed by atoms with Crippen LogP contribution in [0.4, 0.5) is 0 Å². The van der Waals surface area contributed by atoms with Crippen LogP contribution in [0.25, 0.3) is 0 Å². The summed E-state index contributed by atoms with van der Waals surface area (Å²) in [5.74, 6) is -0.0332. The smallest absolute Gasteiger partial charge is 0.251 e. The van der Waals surface area contributed by atoms with Crippen molar-refractivity contribution in [3.63, 3.8) is 0 Å². The molecule has 1 unspecified atom stereocenters. The zero-order valence-electron chi connectivity index (χ0n) is 11.8. The molecule has 0 saturated carbocycles. The quantitative estimate of drug-likeness (QED) is 0.722. The van der Waals surface area contributed by atoms with E-state index in [0.29, 0.717) is 5.56 Å². The van der Waals surface area contributed by atoms with Crippen LogP contribution in [-0.2, 0) is 6.42 Å². The lowest BCUT2D eigenvalue weighted by molar-refractivity contribution is 0.0940. The monoisotopic (exact) mass is 409 g/mol. The van der Waals surface area contributed by atoms with E-state index in [1.54, 1.807) is 0 Å². The van der Waals surface area contributed by atoms with Crippen molar-refractivity contribution in [2.75, 3.05) is 5.33 Å². The second-order valence-corrected chi connectivity index (χ2v) is 6.54. The molecular formula is C17H17Br2NO. The molecule has 0 aliphatic heterocycles. The average Bonchev–Trinajstić information content (AvgIpc) is 2.50. The van der Waals surface area contributed by atoms with Crippen molar-refractivity contribution in [3.05, 3.63) is 69.7 Å². The molecule has 1 N–H and O–H groups in total. The fourth-order valence-corrected chi connectivity index (χ4v) is 2.90. The zero-order chi connectivity index (χ0) is 15.2. The fourth-order valence-electron chi connectivity index (χ4n) is 2.14. The Morgan fingerprint density at radius 2 is 1.90 bits per heavy atom. The van der Waals surface area contributed by atoms with E-state index in [1.165, 1.54) is 5.56 Å². The zero-order valence-corrected chi connectivity index (χ0v) is 14.9. The number of aryl methyl sites for hydroxylation is 1. The third kappa shape index (κ3) is 4.68. The summed E-state index contributed by atoms with van der Waals surface area (Å²) in [5.41, 5.74) is 2.90. The van der Waals surface area contributed by atoms with Crippen LogP contribution >= 0.6 is 31.9 Å². The second-order valence-electron chi connectivity index (χ2n) is 4.97. The van der Waals surface area contributed by atoms with Crippen LogP contribution in [0.2, 0.25) is 0 Å². The minimum atomic E-state index is -0.0332. The Balaban J connectivity index is 2.07. The molecule has 0 radical (unpaired) electrons. The molecule has 110 valence electrons. The SMILES string of the molecule is Cc1ccc(Br)cc1C(=O)NC(CBr)Cc1ccccc1.